The van der Waals surface area contributed by atoms with Crippen LogP contribution in [-0.4, -0.2) is 56.7 Å². The molecule has 0 radical (unpaired) electrons. The number of piperazine rings is 1. The summed E-state index contributed by atoms with van der Waals surface area (Å²) in [5.41, 5.74) is 0.773. The normalized spacial score (nSPS) is 20.8. The van der Waals surface area contributed by atoms with Crippen molar-refractivity contribution in [2.45, 2.75) is 25.4 Å². The lowest BCUT2D eigenvalue weighted by atomic mass is 10.0. The van der Waals surface area contributed by atoms with Crippen LogP contribution in [0.25, 0.3) is 0 Å². The quantitative estimate of drug-likeness (QED) is 0.826. The Morgan fingerprint density at radius 1 is 1.35 bits per heavy atom. The molecule has 2 unspecified atom stereocenters. The first kappa shape index (κ1) is 17.9. The van der Waals surface area contributed by atoms with E-state index in [4.69, 9.17) is 21.1 Å². The first-order valence-corrected chi connectivity index (χ1v) is 8.19. The van der Waals surface area contributed by atoms with Gasteiger partial charge in [-0.05, 0) is 19.5 Å². The molecule has 1 aromatic rings. The molecule has 2 rings (SSSR count). The first-order valence-electron chi connectivity index (χ1n) is 7.81. The van der Waals surface area contributed by atoms with Gasteiger partial charge >= 0.3 is 0 Å². The van der Waals surface area contributed by atoms with E-state index in [-0.39, 0.29) is 6.04 Å². The van der Waals surface area contributed by atoms with Crippen molar-refractivity contribution in [1.82, 2.24) is 9.80 Å². The van der Waals surface area contributed by atoms with Crippen LogP contribution in [0.2, 0.25) is 5.02 Å². The lowest BCUT2D eigenvalue weighted by Gasteiger charge is -2.42. The van der Waals surface area contributed by atoms with Gasteiger partial charge in [0.25, 0.3) is 0 Å². The number of nitrogens with zero attached hydrogens (tertiary/aromatic N) is 3. The minimum Gasteiger partial charge on any atom is -0.493 e. The second-order valence-corrected chi connectivity index (χ2v) is 6.18. The third-order valence-corrected chi connectivity index (χ3v) is 4.86. The van der Waals surface area contributed by atoms with Crippen LogP contribution < -0.4 is 9.47 Å². The van der Waals surface area contributed by atoms with Gasteiger partial charge in [0, 0.05) is 31.2 Å². The molecule has 0 bridgehead atoms. The van der Waals surface area contributed by atoms with Gasteiger partial charge in [-0.15, -0.1) is 0 Å². The van der Waals surface area contributed by atoms with Crippen LogP contribution in [0.15, 0.2) is 12.1 Å². The Kier molecular flexibility index (Phi) is 6.11. The van der Waals surface area contributed by atoms with Crippen LogP contribution in [0.1, 0.15) is 24.9 Å². The van der Waals surface area contributed by atoms with Crippen molar-refractivity contribution in [3.63, 3.8) is 0 Å². The number of halogens is 1. The maximum atomic E-state index is 9.79. The van der Waals surface area contributed by atoms with Gasteiger partial charge in [-0.25, -0.2) is 0 Å². The molecule has 1 aliphatic rings. The number of hydrogen-bond donors (Lipinski definition) is 0. The van der Waals surface area contributed by atoms with E-state index in [1.54, 1.807) is 20.3 Å². The Balaban J connectivity index is 2.40. The molecule has 0 aliphatic carbocycles. The summed E-state index contributed by atoms with van der Waals surface area (Å²) in [7, 11) is 5.24. The molecule has 5 nitrogen and oxygen atoms in total. The number of benzene rings is 1. The minimum absolute atomic E-state index is 0.336. The summed E-state index contributed by atoms with van der Waals surface area (Å²) in [5.74, 6) is 1.05. The number of hydrogen-bond acceptors (Lipinski definition) is 5. The third kappa shape index (κ3) is 3.55. The molecule has 2 atom stereocenters. The van der Waals surface area contributed by atoms with Crippen molar-refractivity contribution >= 4 is 11.6 Å². The highest BCUT2D eigenvalue weighted by Gasteiger charge is 2.32. The summed E-state index contributed by atoms with van der Waals surface area (Å²) in [5, 5.41) is 10.2. The maximum absolute atomic E-state index is 9.79. The maximum Gasteiger partial charge on any atom is 0.179 e. The second-order valence-electron chi connectivity index (χ2n) is 5.80. The van der Waals surface area contributed by atoms with E-state index in [0.29, 0.717) is 22.6 Å². The molecule has 1 fully saturated rings. The second kappa shape index (κ2) is 7.87. The zero-order valence-electron chi connectivity index (χ0n) is 14.2. The first-order chi connectivity index (χ1) is 11.1. The molecule has 0 saturated carbocycles. The number of ether oxygens (including phenoxy) is 2. The summed E-state index contributed by atoms with van der Waals surface area (Å²) in [6.07, 6.45) is 0.993. The summed E-state index contributed by atoms with van der Waals surface area (Å²) >= 11 is 6.51. The predicted molar refractivity (Wildman–Crippen MR) is 91.2 cm³/mol. The fourth-order valence-electron chi connectivity index (χ4n) is 3.17. The molecular formula is C17H24ClN3O2. The van der Waals surface area contributed by atoms with Gasteiger partial charge in [-0.2, -0.15) is 5.26 Å². The van der Waals surface area contributed by atoms with Gasteiger partial charge in [0.2, 0.25) is 0 Å². The minimum atomic E-state index is -0.388. The van der Waals surface area contributed by atoms with Gasteiger partial charge in [0.05, 0.1) is 25.3 Å². The molecule has 1 heterocycles. The number of nitriles is 1. The summed E-state index contributed by atoms with van der Waals surface area (Å²) in [4.78, 5) is 4.54. The highest BCUT2D eigenvalue weighted by Crippen LogP contribution is 2.41. The SMILES string of the molecule is CCC1CN(C)CCN1C(C#N)c1ccc(OC)c(OC)c1Cl. The highest BCUT2D eigenvalue weighted by molar-refractivity contribution is 6.33. The zero-order valence-corrected chi connectivity index (χ0v) is 14.9. The molecular weight excluding hydrogens is 314 g/mol. The van der Waals surface area contributed by atoms with E-state index in [1.165, 1.54) is 0 Å². The van der Waals surface area contributed by atoms with Crippen molar-refractivity contribution in [1.29, 1.82) is 5.26 Å². The largest absolute Gasteiger partial charge is 0.493 e. The lowest BCUT2D eigenvalue weighted by Crippen LogP contribution is -2.52. The average Bonchev–Trinajstić information content (AvgIpc) is 2.57. The molecule has 126 valence electrons. The van der Waals surface area contributed by atoms with Crippen LogP contribution in [-0.2, 0) is 0 Å². The van der Waals surface area contributed by atoms with Crippen molar-refractivity contribution in [3.05, 3.63) is 22.7 Å². The van der Waals surface area contributed by atoms with E-state index < -0.39 is 0 Å². The number of likely N-dealkylation sites (N-methyl/N-ethyl adjacent to an activating group) is 1. The smallest absolute Gasteiger partial charge is 0.179 e. The van der Waals surface area contributed by atoms with Gasteiger partial charge in [0.15, 0.2) is 11.5 Å². The zero-order chi connectivity index (χ0) is 17.0. The van der Waals surface area contributed by atoms with Gasteiger partial charge < -0.3 is 14.4 Å². The Morgan fingerprint density at radius 2 is 2.09 bits per heavy atom. The fraction of sp³-hybridized carbons (Fsp3) is 0.588. The third-order valence-electron chi connectivity index (χ3n) is 4.47. The standard InChI is InChI=1S/C17H24ClN3O2/c1-5-12-11-20(2)8-9-21(12)14(10-19)13-6-7-15(22-3)17(23-4)16(13)18/h6-7,12,14H,5,8-9,11H2,1-4H3. The van der Waals surface area contributed by atoms with Crippen LogP contribution >= 0.6 is 11.6 Å². The van der Waals surface area contributed by atoms with Crippen LogP contribution in [0, 0.1) is 11.3 Å². The molecule has 23 heavy (non-hydrogen) atoms. The van der Waals surface area contributed by atoms with Crippen molar-refractivity contribution in [3.8, 4) is 17.6 Å². The summed E-state index contributed by atoms with van der Waals surface area (Å²) in [6, 6.07) is 6.04. The van der Waals surface area contributed by atoms with E-state index >= 15 is 0 Å². The average molecular weight is 338 g/mol. The topological polar surface area (TPSA) is 48.7 Å². The van der Waals surface area contributed by atoms with Crippen molar-refractivity contribution in [2.24, 2.45) is 0 Å². The van der Waals surface area contributed by atoms with Crippen molar-refractivity contribution in [2.75, 3.05) is 40.9 Å². The fourth-order valence-corrected chi connectivity index (χ4v) is 3.50. The van der Waals surface area contributed by atoms with Crippen LogP contribution in [0.5, 0.6) is 11.5 Å². The lowest BCUT2D eigenvalue weighted by molar-refractivity contribution is 0.0675. The molecule has 0 amide bonds. The Morgan fingerprint density at radius 3 is 2.65 bits per heavy atom. The highest BCUT2D eigenvalue weighted by atomic mass is 35.5. The Hall–Kier alpha value is -1.48. The van der Waals surface area contributed by atoms with E-state index in [1.807, 2.05) is 6.07 Å². The Bertz CT molecular complexity index is 588. The van der Waals surface area contributed by atoms with Gasteiger partial charge in [0.1, 0.15) is 6.04 Å². The van der Waals surface area contributed by atoms with Gasteiger partial charge in [-0.1, -0.05) is 24.6 Å². The molecule has 6 heteroatoms. The molecule has 1 saturated heterocycles. The predicted octanol–water partition coefficient (Wildman–Crippen LogP) is 2.95. The van der Waals surface area contributed by atoms with Crippen molar-refractivity contribution < 1.29 is 9.47 Å². The number of rotatable bonds is 5. The summed E-state index contributed by atoms with van der Waals surface area (Å²) in [6.45, 7) is 4.90. The summed E-state index contributed by atoms with van der Waals surface area (Å²) < 4.78 is 10.6. The van der Waals surface area contributed by atoms with Gasteiger partial charge in [-0.3, -0.25) is 4.90 Å². The molecule has 1 aromatic carbocycles. The Labute approximate surface area is 143 Å². The number of methoxy groups -OCH3 is 2. The van der Waals surface area contributed by atoms with Crippen LogP contribution in [0.3, 0.4) is 0 Å². The van der Waals surface area contributed by atoms with E-state index in [2.05, 4.69) is 29.8 Å². The van der Waals surface area contributed by atoms with E-state index in [9.17, 15) is 5.26 Å². The van der Waals surface area contributed by atoms with Crippen LogP contribution in [0.4, 0.5) is 0 Å². The molecule has 0 N–H and O–H groups in total. The molecule has 1 aliphatic heterocycles. The monoisotopic (exact) mass is 337 g/mol. The molecule has 0 spiro atoms. The van der Waals surface area contributed by atoms with E-state index in [0.717, 1.165) is 31.6 Å². The molecule has 0 aromatic heterocycles.